The number of hydrogen-bond donors (Lipinski definition) is 1. The normalized spacial score (nSPS) is 17.7. The van der Waals surface area contributed by atoms with Crippen molar-refractivity contribution < 1.29 is 0 Å². The second-order valence-corrected chi connectivity index (χ2v) is 7.60. The summed E-state index contributed by atoms with van der Waals surface area (Å²) in [5.74, 6) is 0. The van der Waals surface area contributed by atoms with Crippen LogP contribution in [0, 0.1) is 5.41 Å². The van der Waals surface area contributed by atoms with E-state index in [2.05, 4.69) is 72.0 Å². The van der Waals surface area contributed by atoms with E-state index in [0.29, 0.717) is 11.5 Å². The summed E-state index contributed by atoms with van der Waals surface area (Å²) in [4.78, 5) is 2.59. The van der Waals surface area contributed by atoms with Crippen molar-refractivity contribution >= 4 is 21.6 Å². The molecular weight excluding hydrogens is 324 g/mol. The summed E-state index contributed by atoms with van der Waals surface area (Å²) in [6, 6.07) is 7.23. The lowest BCUT2D eigenvalue weighted by Crippen LogP contribution is -2.28. The summed E-state index contributed by atoms with van der Waals surface area (Å²) in [5.41, 5.74) is 3.34. The molecule has 0 aromatic heterocycles. The molecule has 0 saturated carbocycles. The van der Waals surface area contributed by atoms with Crippen LogP contribution in [0.3, 0.4) is 0 Å². The lowest BCUT2D eigenvalue weighted by Gasteiger charge is -2.28. The molecule has 3 heteroatoms. The van der Waals surface area contributed by atoms with Crippen molar-refractivity contribution in [2.45, 2.75) is 59.5 Å². The van der Waals surface area contributed by atoms with Crippen LogP contribution in [0.4, 0.5) is 5.69 Å². The first-order valence-corrected chi connectivity index (χ1v) is 9.05. The van der Waals surface area contributed by atoms with Crippen molar-refractivity contribution in [3.05, 3.63) is 28.2 Å². The maximum Gasteiger partial charge on any atom is 0.0412 e. The fraction of sp³-hybridized carbons (Fsp3) is 0.667. The largest absolute Gasteiger partial charge is 0.371 e. The molecule has 2 rings (SSSR count). The summed E-state index contributed by atoms with van der Waals surface area (Å²) in [6.07, 6.45) is 3.90. The minimum atomic E-state index is 0.515. The fourth-order valence-electron chi connectivity index (χ4n) is 3.29. The molecule has 1 N–H and O–H groups in total. The highest BCUT2D eigenvalue weighted by Crippen LogP contribution is 2.40. The average Bonchev–Trinajstić information content (AvgIpc) is 2.90. The zero-order chi connectivity index (χ0) is 15.5. The first kappa shape index (κ1) is 16.8. The number of nitrogens with zero attached hydrogens (tertiary/aromatic N) is 1. The highest BCUT2D eigenvalue weighted by Gasteiger charge is 2.35. The number of anilines is 1. The predicted octanol–water partition coefficient (Wildman–Crippen LogP) is 4.96. The summed E-state index contributed by atoms with van der Waals surface area (Å²) in [6.45, 7) is 12.4. The summed E-state index contributed by atoms with van der Waals surface area (Å²) in [7, 11) is 0. The topological polar surface area (TPSA) is 15.3 Å². The van der Waals surface area contributed by atoms with E-state index >= 15 is 0 Å². The van der Waals surface area contributed by atoms with Crippen LogP contribution >= 0.6 is 15.9 Å². The van der Waals surface area contributed by atoms with Gasteiger partial charge in [0, 0.05) is 35.8 Å². The third kappa shape index (κ3) is 4.01. The Balaban J connectivity index is 2.19. The van der Waals surface area contributed by atoms with Crippen LogP contribution in [0.15, 0.2) is 22.7 Å². The molecule has 0 atom stereocenters. The molecule has 0 bridgehead atoms. The summed E-state index contributed by atoms with van der Waals surface area (Å²) < 4.78 is 1.17. The molecular formula is C18H29BrN2. The van der Waals surface area contributed by atoms with E-state index in [9.17, 15) is 0 Å². The quantitative estimate of drug-likeness (QED) is 0.777. The monoisotopic (exact) mass is 352 g/mol. The van der Waals surface area contributed by atoms with Crippen molar-refractivity contribution in [1.82, 2.24) is 5.32 Å². The van der Waals surface area contributed by atoms with Gasteiger partial charge in [-0.15, -0.1) is 0 Å². The Hall–Kier alpha value is -0.540. The van der Waals surface area contributed by atoms with Crippen molar-refractivity contribution in [3.63, 3.8) is 0 Å². The highest BCUT2D eigenvalue weighted by atomic mass is 79.9. The Morgan fingerprint density at radius 3 is 2.57 bits per heavy atom. The molecule has 0 amide bonds. The van der Waals surface area contributed by atoms with Crippen LogP contribution in [0.2, 0.25) is 0 Å². The van der Waals surface area contributed by atoms with E-state index < -0.39 is 0 Å². The van der Waals surface area contributed by atoms with Crippen molar-refractivity contribution in [3.8, 4) is 0 Å². The number of halogens is 1. The van der Waals surface area contributed by atoms with Crippen LogP contribution in [-0.2, 0) is 6.54 Å². The molecule has 0 radical (unpaired) electrons. The molecule has 1 aromatic rings. The Morgan fingerprint density at radius 1 is 1.29 bits per heavy atom. The van der Waals surface area contributed by atoms with Gasteiger partial charge in [-0.1, -0.05) is 43.6 Å². The van der Waals surface area contributed by atoms with Gasteiger partial charge in [0.1, 0.15) is 0 Å². The second kappa shape index (κ2) is 7.15. The lowest BCUT2D eigenvalue weighted by atomic mass is 9.82. The minimum Gasteiger partial charge on any atom is -0.371 e. The molecule has 1 aromatic carbocycles. The van der Waals surface area contributed by atoms with Gasteiger partial charge < -0.3 is 10.2 Å². The Bertz CT molecular complexity index is 466. The van der Waals surface area contributed by atoms with Gasteiger partial charge >= 0.3 is 0 Å². The first-order chi connectivity index (χ1) is 9.99. The highest BCUT2D eigenvalue weighted by molar-refractivity contribution is 9.10. The maximum absolute atomic E-state index is 3.62. The average molecular weight is 353 g/mol. The zero-order valence-electron chi connectivity index (χ0n) is 13.9. The number of rotatable bonds is 6. The standard InChI is InChI=1S/C18H29BrN2/c1-5-18(6-2)9-10-21(13-18)17-8-7-16(19)11-15(17)12-20-14(3)4/h7-8,11,14,20H,5-6,9-10,12-13H2,1-4H3. The molecule has 1 saturated heterocycles. The fourth-order valence-corrected chi connectivity index (χ4v) is 3.69. The molecule has 118 valence electrons. The van der Waals surface area contributed by atoms with E-state index in [1.807, 2.05) is 0 Å². The third-order valence-corrected chi connectivity index (χ3v) is 5.51. The molecule has 0 spiro atoms. The van der Waals surface area contributed by atoms with E-state index in [-0.39, 0.29) is 0 Å². The maximum atomic E-state index is 3.62. The molecule has 1 aliphatic rings. The summed E-state index contributed by atoms with van der Waals surface area (Å²) in [5, 5.41) is 3.55. The van der Waals surface area contributed by atoms with Gasteiger partial charge in [0.25, 0.3) is 0 Å². The van der Waals surface area contributed by atoms with Gasteiger partial charge in [-0.3, -0.25) is 0 Å². The van der Waals surface area contributed by atoms with Gasteiger partial charge in [-0.2, -0.15) is 0 Å². The van der Waals surface area contributed by atoms with Gasteiger partial charge in [-0.05, 0) is 48.4 Å². The number of hydrogen-bond acceptors (Lipinski definition) is 2. The lowest BCUT2D eigenvalue weighted by molar-refractivity contribution is 0.301. The smallest absolute Gasteiger partial charge is 0.0412 e. The third-order valence-electron chi connectivity index (χ3n) is 5.02. The molecule has 0 aliphatic carbocycles. The van der Waals surface area contributed by atoms with Crippen molar-refractivity contribution in [2.24, 2.45) is 5.41 Å². The van der Waals surface area contributed by atoms with E-state index in [0.717, 1.165) is 6.54 Å². The Kier molecular flexibility index (Phi) is 5.73. The molecule has 1 aliphatic heterocycles. The molecule has 0 unspecified atom stereocenters. The molecule has 21 heavy (non-hydrogen) atoms. The first-order valence-electron chi connectivity index (χ1n) is 8.26. The van der Waals surface area contributed by atoms with E-state index in [4.69, 9.17) is 0 Å². The molecule has 1 fully saturated rings. The van der Waals surface area contributed by atoms with Gasteiger partial charge in [-0.25, -0.2) is 0 Å². The van der Waals surface area contributed by atoms with Crippen LogP contribution in [-0.4, -0.2) is 19.1 Å². The second-order valence-electron chi connectivity index (χ2n) is 6.69. The van der Waals surface area contributed by atoms with Gasteiger partial charge in [0.05, 0.1) is 0 Å². The summed E-state index contributed by atoms with van der Waals surface area (Å²) >= 11 is 3.62. The zero-order valence-corrected chi connectivity index (χ0v) is 15.5. The van der Waals surface area contributed by atoms with Crippen LogP contribution in [0.25, 0.3) is 0 Å². The van der Waals surface area contributed by atoms with Gasteiger partial charge in [0.15, 0.2) is 0 Å². The van der Waals surface area contributed by atoms with Crippen LogP contribution in [0.1, 0.15) is 52.5 Å². The Labute approximate surface area is 138 Å². The SMILES string of the molecule is CCC1(CC)CCN(c2ccc(Br)cc2CNC(C)C)C1. The minimum absolute atomic E-state index is 0.515. The number of nitrogens with one attached hydrogen (secondary N) is 1. The predicted molar refractivity (Wildman–Crippen MR) is 96.0 cm³/mol. The van der Waals surface area contributed by atoms with Crippen LogP contribution in [0.5, 0.6) is 0 Å². The van der Waals surface area contributed by atoms with Gasteiger partial charge in [0.2, 0.25) is 0 Å². The van der Waals surface area contributed by atoms with E-state index in [1.54, 1.807) is 0 Å². The van der Waals surface area contributed by atoms with Crippen LogP contribution < -0.4 is 10.2 Å². The molecule has 1 heterocycles. The van der Waals surface area contributed by atoms with E-state index in [1.165, 1.54) is 48.1 Å². The molecule has 2 nitrogen and oxygen atoms in total. The van der Waals surface area contributed by atoms with Crippen molar-refractivity contribution in [2.75, 3.05) is 18.0 Å². The Morgan fingerprint density at radius 2 is 2.00 bits per heavy atom. The van der Waals surface area contributed by atoms with Crippen molar-refractivity contribution in [1.29, 1.82) is 0 Å². The number of benzene rings is 1.